The third-order valence-electron chi connectivity index (χ3n) is 5.47. The minimum atomic E-state index is -0.231. The van der Waals surface area contributed by atoms with Crippen LogP contribution in [0.3, 0.4) is 0 Å². The van der Waals surface area contributed by atoms with E-state index in [4.69, 9.17) is 0 Å². The third kappa shape index (κ3) is 5.31. The van der Waals surface area contributed by atoms with Gasteiger partial charge in [-0.1, -0.05) is 19.9 Å². The van der Waals surface area contributed by atoms with E-state index in [1.165, 1.54) is 6.42 Å². The maximum absolute atomic E-state index is 12.3. The van der Waals surface area contributed by atoms with Gasteiger partial charge in [0.2, 0.25) is 11.8 Å². The first-order chi connectivity index (χ1) is 12.9. The Hall–Kier alpha value is -2.37. The summed E-state index contributed by atoms with van der Waals surface area (Å²) < 4.78 is 0. The van der Waals surface area contributed by atoms with Crippen LogP contribution in [-0.4, -0.2) is 42.3 Å². The molecule has 6 heteroatoms. The lowest BCUT2D eigenvalue weighted by molar-refractivity contribution is -0.132. The molecule has 0 radical (unpaired) electrons. The largest absolute Gasteiger partial charge is 0.352 e. The lowest BCUT2D eigenvalue weighted by Gasteiger charge is -2.31. The van der Waals surface area contributed by atoms with Crippen LogP contribution in [0.1, 0.15) is 49.9 Å². The molecule has 1 saturated carbocycles. The zero-order valence-electron chi connectivity index (χ0n) is 16.2. The summed E-state index contributed by atoms with van der Waals surface area (Å²) >= 11 is 0. The average Bonchev–Trinajstić information content (AvgIpc) is 3.38. The minimum absolute atomic E-state index is 0.0152. The Morgan fingerprint density at radius 3 is 2.70 bits per heavy atom. The van der Waals surface area contributed by atoms with Gasteiger partial charge >= 0.3 is 0 Å². The highest BCUT2D eigenvalue weighted by molar-refractivity contribution is 5.98. The van der Waals surface area contributed by atoms with E-state index in [0.717, 1.165) is 25.9 Å². The molecule has 3 rings (SSSR count). The van der Waals surface area contributed by atoms with Crippen LogP contribution in [0.25, 0.3) is 0 Å². The third-order valence-corrected chi connectivity index (χ3v) is 5.47. The second kappa shape index (κ2) is 8.55. The Balaban J connectivity index is 1.45. The second-order valence-electron chi connectivity index (χ2n) is 7.98. The molecule has 2 N–H and O–H groups in total. The molecule has 1 aliphatic carbocycles. The van der Waals surface area contributed by atoms with Crippen LogP contribution in [0.4, 0.5) is 5.69 Å². The molecule has 2 fully saturated rings. The molecule has 1 heterocycles. The molecule has 3 unspecified atom stereocenters. The molecule has 3 atom stereocenters. The van der Waals surface area contributed by atoms with E-state index in [1.54, 1.807) is 24.3 Å². The monoisotopic (exact) mass is 371 g/mol. The molecule has 3 amide bonds. The van der Waals surface area contributed by atoms with Gasteiger partial charge in [-0.3, -0.25) is 14.4 Å². The van der Waals surface area contributed by atoms with Crippen molar-refractivity contribution in [1.82, 2.24) is 10.2 Å². The highest BCUT2D eigenvalue weighted by Gasteiger charge is 2.39. The molecule has 0 bridgehead atoms. The molecule has 146 valence electrons. The van der Waals surface area contributed by atoms with E-state index < -0.39 is 0 Å². The molecule has 1 saturated heterocycles. The highest BCUT2D eigenvalue weighted by Crippen LogP contribution is 2.38. The van der Waals surface area contributed by atoms with Crippen molar-refractivity contribution in [2.75, 3.05) is 25.0 Å². The van der Waals surface area contributed by atoms with Crippen LogP contribution in [0.5, 0.6) is 0 Å². The van der Waals surface area contributed by atoms with Gasteiger partial charge in [0.25, 0.3) is 5.91 Å². The number of nitrogens with one attached hydrogen (secondary N) is 2. The molecule has 0 spiro atoms. The summed E-state index contributed by atoms with van der Waals surface area (Å²) in [6, 6.07) is 6.91. The lowest BCUT2D eigenvalue weighted by atomic mass is 10.00. The first kappa shape index (κ1) is 19.4. The second-order valence-corrected chi connectivity index (χ2v) is 7.98. The number of likely N-dealkylation sites (tertiary alicyclic amines) is 1. The van der Waals surface area contributed by atoms with Crippen LogP contribution in [0.2, 0.25) is 0 Å². The number of amides is 3. The van der Waals surface area contributed by atoms with Gasteiger partial charge in [0.1, 0.15) is 0 Å². The zero-order valence-corrected chi connectivity index (χ0v) is 16.2. The summed E-state index contributed by atoms with van der Waals surface area (Å²) in [6.07, 6.45) is 3.47. The number of benzene rings is 1. The van der Waals surface area contributed by atoms with Crippen molar-refractivity contribution in [3.8, 4) is 0 Å². The summed E-state index contributed by atoms with van der Waals surface area (Å²) in [7, 11) is 0. The van der Waals surface area contributed by atoms with Crippen molar-refractivity contribution < 1.29 is 14.4 Å². The van der Waals surface area contributed by atoms with Crippen LogP contribution in [0, 0.1) is 17.8 Å². The molecule has 1 aromatic rings. The van der Waals surface area contributed by atoms with Gasteiger partial charge in [0, 0.05) is 43.2 Å². The summed E-state index contributed by atoms with van der Waals surface area (Å²) in [5.74, 6) is 0.963. The molecular weight excluding hydrogens is 342 g/mol. The summed E-state index contributed by atoms with van der Waals surface area (Å²) in [5.41, 5.74) is 1.11. The number of anilines is 1. The topological polar surface area (TPSA) is 78.5 Å². The Morgan fingerprint density at radius 2 is 2.00 bits per heavy atom. The number of hydrogen-bond acceptors (Lipinski definition) is 3. The molecule has 1 aromatic carbocycles. The lowest BCUT2D eigenvalue weighted by Crippen LogP contribution is -2.40. The van der Waals surface area contributed by atoms with E-state index in [9.17, 15) is 14.4 Å². The Bertz CT molecular complexity index is 718. The van der Waals surface area contributed by atoms with E-state index in [0.29, 0.717) is 36.1 Å². The van der Waals surface area contributed by atoms with Gasteiger partial charge < -0.3 is 15.5 Å². The fraction of sp³-hybridized carbons (Fsp3) is 0.571. The maximum Gasteiger partial charge on any atom is 0.251 e. The predicted molar refractivity (Wildman–Crippen MR) is 104 cm³/mol. The van der Waals surface area contributed by atoms with Crippen LogP contribution >= 0.6 is 0 Å². The fourth-order valence-corrected chi connectivity index (χ4v) is 3.62. The molecular formula is C21H29N3O3. The number of carbonyl (C=O) groups excluding carboxylic acids is 3. The number of carbonyl (C=O) groups is 3. The molecule has 1 aliphatic heterocycles. The van der Waals surface area contributed by atoms with Crippen LogP contribution < -0.4 is 10.6 Å². The van der Waals surface area contributed by atoms with Gasteiger partial charge in [-0.05, 0) is 49.3 Å². The van der Waals surface area contributed by atoms with Crippen molar-refractivity contribution in [1.29, 1.82) is 0 Å². The van der Waals surface area contributed by atoms with Gasteiger partial charge in [0.05, 0.1) is 0 Å². The van der Waals surface area contributed by atoms with Crippen LogP contribution in [0.15, 0.2) is 24.3 Å². The maximum atomic E-state index is 12.3. The van der Waals surface area contributed by atoms with Crippen molar-refractivity contribution in [2.24, 2.45) is 17.8 Å². The quantitative estimate of drug-likeness (QED) is 0.807. The van der Waals surface area contributed by atoms with Gasteiger partial charge in [-0.25, -0.2) is 0 Å². The Morgan fingerprint density at radius 1 is 1.22 bits per heavy atom. The van der Waals surface area contributed by atoms with Crippen molar-refractivity contribution in [3.63, 3.8) is 0 Å². The predicted octanol–water partition coefficient (Wildman–Crippen LogP) is 2.66. The van der Waals surface area contributed by atoms with E-state index in [2.05, 4.69) is 24.5 Å². The smallest absolute Gasteiger partial charge is 0.251 e. The van der Waals surface area contributed by atoms with Gasteiger partial charge in [-0.15, -0.1) is 0 Å². The van der Waals surface area contributed by atoms with E-state index >= 15 is 0 Å². The first-order valence-corrected chi connectivity index (χ1v) is 9.91. The number of piperidine rings is 1. The standard InChI is InChI=1S/C21H29N3O3/c1-14-5-4-10-24(13-14)19(25)8-9-22-20(26)16-6-3-7-17(12-16)23-21(27)18-11-15(18)2/h3,6-7,12,14-15,18H,4-5,8-11,13H2,1-2H3,(H,22,26)(H,23,27). The van der Waals surface area contributed by atoms with Crippen molar-refractivity contribution in [3.05, 3.63) is 29.8 Å². The van der Waals surface area contributed by atoms with Crippen LogP contribution in [-0.2, 0) is 9.59 Å². The molecule has 6 nitrogen and oxygen atoms in total. The van der Waals surface area contributed by atoms with Crippen molar-refractivity contribution in [2.45, 2.75) is 39.5 Å². The molecule has 27 heavy (non-hydrogen) atoms. The van der Waals surface area contributed by atoms with Gasteiger partial charge in [0.15, 0.2) is 0 Å². The number of rotatable bonds is 6. The highest BCUT2D eigenvalue weighted by atomic mass is 16.2. The molecule has 2 aliphatic rings. The van der Waals surface area contributed by atoms with E-state index in [1.807, 2.05) is 4.90 Å². The summed E-state index contributed by atoms with van der Waals surface area (Å²) in [5, 5.41) is 5.67. The number of hydrogen-bond donors (Lipinski definition) is 2. The Kier molecular flexibility index (Phi) is 6.14. The first-order valence-electron chi connectivity index (χ1n) is 9.91. The minimum Gasteiger partial charge on any atom is -0.352 e. The Labute approximate surface area is 160 Å². The summed E-state index contributed by atoms with van der Waals surface area (Å²) in [6.45, 7) is 6.17. The zero-order chi connectivity index (χ0) is 19.4. The van der Waals surface area contributed by atoms with E-state index in [-0.39, 0.29) is 23.6 Å². The average molecular weight is 371 g/mol. The number of nitrogens with zero attached hydrogens (tertiary/aromatic N) is 1. The summed E-state index contributed by atoms with van der Waals surface area (Å²) in [4.78, 5) is 38.5. The van der Waals surface area contributed by atoms with Crippen molar-refractivity contribution >= 4 is 23.4 Å². The normalized spacial score (nSPS) is 24.2. The van der Waals surface area contributed by atoms with Gasteiger partial charge in [-0.2, -0.15) is 0 Å². The fourth-order valence-electron chi connectivity index (χ4n) is 3.62. The molecule has 0 aromatic heterocycles. The SMILES string of the molecule is CC1CCCN(C(=O)CCNC(=O)c2cccc(NC(=O)C3CC3C)c2)C1.